The van der Waals surface area contributed by atoms with Gasteiger partial charge < -0.3 is 10.3 Å². The van der Waals surface area contributed by atoms with Crippen molar-refractivity contribution >= 4 is 11.8 Å². The molecule has 2 N–H and O–H groups in total. The van der Waals surface area contributed by atoms with Crippen LogP contribution in [0.25, 0.3) is 0 Å². The summed E-state index contributed by atoms with van der Waals surface area (Å²) in [5, 5.41) is 0.705. The van der Waals surface area contributed by atoms with E-state index in [1.807, 2.05) is 31.3 Å². The molecular weight excluding hydrogens is 220 g/mol. The molecule has 1 aromatic rings. The number of nitrogens with two attached hydrogens (primary N) is 1. The summed E-state index contributed by atoms with van der Waals surface area (Å²) in [6, 6.07) is 0.316. The van der Waals surface area contributed by atoms with Crippen molar-refractivity contribution in [1.82, 2.24) is 14.5 Å². The van der Waals surface area contributed by atoms with Gasteiger partial charge in [-0.15, -0.1) is 0 Å². The van der Waals surface area contributed by atoms with Gasteiger partial charge in [-0.3, -0.25) is 4.90 Å². The van der Waals surface area contributed by atoms with Crippen molar-refractivity contribution in [3.05, 3.63) is 18.2 Å². The zero-order valence-electron chi connectivity index (χ0n) is 9.97. The summed E-state index contributed by atoms with van der Waals surface area (Å²) in [6.07, 6.45) is 3.78. The maximum atomic E-state index is 5.92. The first-order valence-corrected chi connectivity index (χ1v) is 6.79. The van der Waals surface area contributed by atoms with Gasteiger partial charge >= 0.3 is 0 Å². The quantitative estimate of drug-likeness (QED) is 0.851. The number of hydrogen-bond donors (Lipinski definition) is 1. The number of thioether (sulfide) groups is 1. The van der Waals surface area contributed by atoms with Crippen LogP contribution in [-0.4, -0.2) is 45.1 Å². The Kier molecular flexibility index (Phi) is 3.89. The van der Waals surface area contributed by atoms with Crippen LogP contribution in [0.2, 0.25) is 0 Å². The normalized spacial score (nSPS) is 24.6. The second-order valence-corrected chi connectivity index (χ2v) is 5.90. The molecule has 2 unspecified atom stereocenters. The minimum absolute atomic E-state index is 0.316. The van der Waals surface area contributed by atoms with Gasteiger partial charge in [0.1, 0.15) is 0 Å². The molecule has 0 bridgehead atoms. The molecule has 0 spiro atoms. The first-order chi connectivity index (χ1) is 7.72. The summed E-state index contributed by atoms with van der Waals surface area (Å²) >= 11 is 2.05. The zero-order valence-corrected chi connectivity index (χ0v) is 10.8. The van der Waals surface area contributed by atoms with Crippen LogP contribution in [-0.2, 0) is 7.05 Å². The van der Waals surface area contributed by atoms with E-state index in [1.54, 1.807) is 0 Å². The molecule has 5 heteroatoms. The Bertz CT molecular complexity index is 338. The lowest BCUT2D eigenvalue weighted by Crippen LogP contribution is -2.42. The number of rotatable bonds is 3. The number of hydrogen-bond acceptors (Lipinski definition) is 4. The number of aromatic nitrogens is 2. The number of nitrogens with zero attached hydrogens (tertiary/aromatic N) is 3. The van der Waals surface area contributed by atoms with Crippen molar-refractivity contribution in [2.45, 2.75) is 18.2 Å². The van der Waals surface area contributed by atoms with Gasteiger partial charge in [0.05, 0.1) is 18.1 Å². The molecule has 0 aliphatic carbocycles. The van der Waals surface area contributed by atoms with Crippen LogP contribution in [0.4, 0.5) is 0 Å². The van der Waals surface area contributed by atoms with Crippen molar-refractivity contribution in [2.24, 2.45) is 12.8 Å². The van der Waals surface area contributed by atoms with E-state index in [1.165, 1.54) is 11.4 Å². The monoisotopic (exact) mass is 240 g/mol. The van der Waals surface area contributed by atoms with E-state index in [-0.39, 0.29) is 0 Å². The molecule has 90 valence electrons. The molecule has 1 aromatic heterocycles. The smallest absolute Gasteiger partial charge is 0.0946 e. The molecule has 2 atom stereocenters. The number of imidazole rings is 1. The molecule has 4 nitrogen and oxygen atoms in total. The third-order valence-electron chi connectivity index (χ3n) is 3.13. The van der Waals surface area contributed by atoms with Gasteiger partial charge in [-0.25, -0.2) is 4.98 Å². The van der Waals surface area contributed by atoms with E-state index in [0.717, 1.165) is 13.1 Å². The predicted molar refractivity (Wildman–Crippen MR) is 68.5 cm³/mol. The molecular formula is C11H20N4S. The topological polar surface area (TPSA) is 47.1 Å². The number of aryl methyl sites for hydroxylation is 1. The molecule has 16 heavy (non-hydrogen) atoms. The standard InChI is InChI=1S/C11H20N4S/c1-9-7-15(3-4-16-9)10(5-12)11-6-13-8-14(11)2/h6,8-10H,3-5,7,12H2,1-2H3. The Labute approximate surface area is 101 Å². The molecule has 1 fully saturated rings. The van der Waals surface area contributed by atoms with Crippen molar-refractivity contribution in [2.75, 3.05) is 25.4 Å². The molecule has 1 saturated heterocycles. The van der Waals surface area contributed by atoms with E-state index >= 15 is 0 Å². The Morgan fingerprint density at radius 1 is 1.69 bits per heavy atom. The van der Waals surface area contributed by atoms with Gasteiger partial charge in [0, 0.05) is 43.9 Å². The van der Waals surface area contributed by atoms with Gasteiger partial charge in [0.25, 0.3) is 0 Å². The van der Waals surface area contributed by atoms with Crippen LogP contribution < -0.4 is 5.73 Å². The molecule has 0 saturated carbocycles. The van der Waals surface area contributed by atoms with Crippen LogP contribution in [0.3, 0.4) is 0 Å². The summed E-state index contributed by atoms with van der Waals surface area (Å²) in [5.41, 5.74) is 7.14. The third kappa shape index (κ3) is 2.42. The Hall–Kier alpha value is -0.520. The molecule has 2 heterocycles. The Balaban J connectivity index is 2.13. The second kappa shape index (κ2) is 5.21. The average molecular weight is 240 g/mol. The van der Waals surface area contributed by atoms with Crippen LogP contribution in [0.1, 0.15) is 18.7 Å². The van der Waals surface area contributed by atoms with E-state index in [0.29, 0.717) is 17.8 Å². The summed E-state index contributed by atoms with van der Waals surface area (Å²) in [7, 11) is 2.03. The minimum atomic E-state index is 0.316. The Morgan fingerprint density at radius 2 is 2.50 bits per heavy atom. The van der Waals surface area contributed by atoms with Crippen LogP contribution in [0.15, 0.2) is 12.5 Å². The first-order valence-electron chi connectivity index (χ1n) is 5.74. The fraction of sp³-hybridized carbons (Fsp3) is 0.727. The van der Waals surface area contributed by atoms with Gasteiger partial charge in [-0.1, -0.05) is 6.92 Å². The van der Waals surface area contributed by atoms with Gasteiger partial charge in [0.2, 0.25) is 0 Å². The van der Waals surface area contributed by atoms with Crippen LogP contribution in [0.5, 0.6) is 0 Å². The fourth-order valence-corrected chi connectivity index (χ4v) is 3.31. The minimum Gasteiger partial charge on any atom is -0.336 e. The Morgan fingerprint density at radius 3 is 3.06 bits per heavy atom. The summed E-state index contributed by atoms with van der Waals surface area (Å²) in [4.78, 5) is 6.66. The lowest BCUT2D eigenvalue weighted by atomic mass is 10.1. The molecule has 1 aliphatic heterocycles. The van der Waals surface area contributed by atoms with Crippen molar-refractivity contribution in [3.8, 4) is 0 Å². The molecule has 0 amide bonds. The van der Waals surface area contributed by atoms with Crippen LogP contribution >= 0.6 is 11.8 Å². The zero-order chi connectivity index (χ0) is 11.5. The average Bonchev–Trinajstić information content (AvgIpc) is 2.67. The van der Waals surface area contributed by atoms with E-state index in [9.17, 15) is 0 Å². The molecule has 2 rings (SSSR count). The van der Waals surface area contributed by atoms with Crippen molar-refractivity contribution in [1.29, 1.82) is 0 Å². The van der Waals surface area contributed by atoms with E-state index in [2.05, 4.69) is 21.4 Å². The van der Waals surface area contributed by atoms with Crippen LogP contribution in [0, 0.1) is 0 Å². The summed E-state index contributed by atoms with van der Waals surface area (Å²) in [6.45, 7) is 5.20. The van der Waals surface area contributed by atoms with Gasteiger partial charge in [-0.05, 0) is 0 Å². The van der Waals surface area contributed by atoms with Gasteiger partial charge in [-0.2, -0.15) is 11.8 Å². The van der Waals surface area contributed by atoms with Crippen molar-refractivity contribution in [3.63, 3.8) is 0 Å². The summed E-state index contributed by atoms with van der Waals surface area (Å²) < 4.78 is 2.07. The lowest BCUT2D eigenvalue weighted by molar-refractivity contribution is 0.204. The largest absolute Gasteiger partial charge is 0.336 e. The lowest BCUT2D eigenvalue weighted by Gasteiger charge is -2.36. The first kappa shape index (κ1) is 12.0. The highest BCUT2D eigenvalue weighted by Gasteiger charge is 2.25. The van der Waals surface area contributed by atoms with E-state index in [4.69, 9.17) is 5.73 Å². The molecule has 0 aromatic carbocycles. The highest BCUT2D eigenvalue weighted by Crippen LogP contribution is 2.26. The van der Waals surface area contributed by atoms with Crippen molar-refractivity contribution < 1.29 is 0 Å². The highest BCUT2D eigenvalue weighted by molar-refractivity contribution is 7.99. The SMILES string of the molecule is CC1CN(C(CN)c2cncn2C)CCS1. The van der Waals surface area contributed by atoms with Gasteiger partial charge in [0.15, 0.2) is 0 Å². The maximum absolute atomic E-state index is 5.92. The molecule has 1 aliphatic rings. The predicted octanol–water partition coefficient (Wildman–Crippen LogP) is 0.857. The summed E-state index contributed by atoms with van der Waals surface area (Å²) in [5.74, 6) is 1.20. The highest BCUT2D eigenvalue weighted by atomic mass is 32.2. The molecule has 0 radical (unpaired) electrons. The van der Waals surface area contributed by atoms with E-state index < -0.39 is 0 Å². The third-order valence-corrected chi connectivity index (χ3v) is 4.27. The maximum Gasteiger partial charge on any atom is 0.0946 e. The fourth-order valence-electron chi connectivity index (χ4n) is 2.27. The second-order valence-electron chi connectivity index (χ2n) is 4.36.